The summed E-state index contributed by atoms with van der Waals surface area (Å²) < 4.78 is 17.9. The van der Waals surface area contributed by atoms with E-state index in [0.29, 0.717) is 10.9 Å². The summed E-state index contributed by atoms with van der Waals surface area (Å²) in [5, 5.41) is 10.0. The van der Waals surface area contributed by atoms with Gasteiger partial charge in [-0.25, -0.2) is 9.18 Å². The predicted molar refractivity (Wildman–Crippen MR) is 59.6 cm³/mol. The second-order valence-electron chi connectivity index (χ2n) is 3.61. The van der Waals surface area contributed by atoms with Gasteiger partial charge in [0, 0.05) is 10.9 Å². The molecule has 6 nitrogen and oxygen atoms in total. The van der Waals surface area contributed by atoms with Gasteiger partial charge in [-0.1, -0.05) is 0 Å². The molecule has 0 saturated carbocycles. The lowest BCUT2D eigenvalue weighted by Crippen LogP contribution is -2.08. The number of aromatic amines is 2. The Kier molecular flexibility index (Phi) is 2.30. The Labute approximate surface area is 99.8 Å². The van der Waals surface area contributed by atoms with Crippen LogP contribution in [0.2, 0.25) is 0 Å². The molecule has 0 spiro atoms. The van der Waals surface area contributed by atoms with Gasteiger partial charge in [0.25, 0.3) is 5.88 Å². The molecule has 0 atom stereocenters. The van der Waals surface area contributed by atoms with E-state index in [4.69, 9.17) is 4.74 Å². The first kappa shape index (κ1) is 10.5. The van der Waals surface area contributed by atoms with E-state index in [0.717, 1.165) is 0 Å². The molecule has 3 aromatic rings. The van der Waals surface area contributed by atoms with Crippen LogP contribution in [-0.4, -0.2) is 26.4 Å². The van der Waals surface area contributed by atoms with E-state index in [2.05, 4.69) is 20.4 Å². The number of rotatable bonds is 2. The monoisotopic (exact) mass is 246 g/mol. The van der Waals surface area contributed by atoms with Crippen LogP contribution in [0, 0.1) is 5.82 Å². The lowest BCUT2D eigenvalue weighted by Gasteiger charge is -1.95. The Balaban J connectivity index is 1.92. The van der Waals surface area contributed by atoms with E-state index < -0.39 is 5.97 Å². The summed E-state index contributed by atoms with van der Waals surface area (Å²) in [6.45, 7) is 0. The molecule has 2 N–H and O–H groups in total. The highest BCUT2D eigenvalue weighted by atomic mass is 19.1. The van der Waals surface area contributed by atoms with Crippen molar-refractivity contribution in [3.8, 4) is 5.88 Å². The maximum Gasteiger partial charge on any atom is 0.361 e. The lowest BCUT2D eigenvalue weighted by molar-refractivity contribution is 0.0722. The van der Waals surface area contributed by atoms with E-state index in [9.17, 15) is 9.18 Å². The molecule has 7 heteroatoms. The van der Waals surface area contributed by atoms with Crippen molar-refractivity contribution in [3.05, 3.63) is 42.0 Å². The van der Waals surface area contributed by atoms with Gasteiger partial charge in [-0.15, -0.1) is 5.10 Å². The van der Waals surface area contributed by atoms with Crippen molar-refractivity contribution < 1.29 is 13.9 Å². The second-order valence-corrected chi connectivity index (χ2v) is 3.61. The highest BCUT2D eigenvalue weighted by Crippen LogP contribution is 2.17. The Morgan fingerprint density at radius 1 is 1.33 bits per heavy atom. The number of benzene rings is 1. The highest BCUT2D eigenvalue weighted by molar-refractivity contribution is 5.95. The summed E-state index contributed by atoms with van der Waals surface area (Å²) in [4.78, 5) is 14.6. The fourth-order valence-electron chi connectivity index (χ4n) is 1.60. The van der Waals surface area contributed by atoms with Gasteiger partial charge >= 0.3 is 5.97 Å². The molecule has 0 bridgehead atoms. The van der Waals surface area contributed by atoms with Gasteiger partial charge in [0.1, 0.15) is 17.7 Å². The normalized spacial score (nSPS) is 10.7. The number of fused-ring (bicyclic) bond motifs is 1. The number of esters is 1. The van der Waals surface area contributed by atoms with Crippen LogP contribution in [0.5, 0.6) is 5.88 Å². The van der Waals surface area contributed by atoms with Crippen LogP contribution in [0.3, 0.4) is 0 Å². The number of hydrogen-bond acceptors (Lipinski definition) is 4. The van der Waals surface area contributed by atoms with Crippen LogP contribution in [0.4, 0.5) is 4.39 Å². The number of nitrogens with zero attached hydrogens (tertiary/aromatic N) is 2. The molecule has 0 aliphatic rings. The zero-order valence-corrected chi connectivity index (χ0v) is 8.98. The summed E-state index contributed by atoms with van der Waals surface area (Å²) in [7, 11) is 0. The molecule has 0 aliphatic carbocycles. The van der Waals surface area contributed by atoms with E-state index in [1.54, 1.807) is 6.07 Å². The van der Waals surface area contributed by atoms with Crippen molar-refractivity contribution in [3.63, 3.8) is 0 Å². The highest BCUT2D eigenvalue weighted by Gasteiger charge is 2.13. The first-order valence-electron chi connectivity index (χ1n) is 5.08. The molecular formula is C11H7FN4O2. The molecule has 2 heterocycles. The number of carbonyl (C=O) groups is 1. The van der Waals surface area contributed by atoms with E-state index in [1.165, 1.54) is 24.4 Å². The maximum atomic E-state index is 13.0. The molecule has 90 valence electrons. The first-order valence-corrected chi connectivity index (χ1v) is 5.08. The molecule has 0 unspecified atom stereocenters. The van der Waals surface area contributed by atoms with Gasteiger partial charge in [0.2, 0.25) is 0 Å². The summed E-state index contributed by atoms with van der Waals surface area (Å²) in [5.41, 5.74) is 0.877. The Morgan fingerprint density at radius 3 is 3.00 bits per heavy atom. The summed E-state index contributed by atoms with van der Waals surface area (Å²) in [5.74, 6) is -0.900. The quantitative estimate of drug-likeness (QED) is 0.673. The second kappa shape index (κ2) is 3.95. The average Bonchev–Trinajstić information content (AvgIpc) is 2.96. The third kappa shape index (κ3) is 1.81. The van der Waals surface area contributed by atoms with Crippen molar-refractivity contribution in [2.45, 2.75) is 0 Å². The molecule has 0 amide bonds. The molecule has 0 saturated heterocycles. The van der Waals surface area contributed by atoms with Crippen molar-refractivity contribution in [2.24, 2.45) is 0 Å². The van der Waals surface area contributed by atoms with Gasteiger partial charge in [-0.3, -0.25) is 0 Å². The van der Waals surface area contributed by atoms with Gasteiger partial charge in [0.15, 0.2) is 0 Å². The molecule has 0 aliphatic heterocycles. The SMILES string of the molecule is O=C(Oc1cn[nH]n1)c1cc2cc(F)ccc2[nH]1. The van der Waals surface area contributed by atoms with Gasteiger partial charge < -0.3 is 9.72 Å². The van der Waals surface area contributed by atoms with Crippen LogP contribution in [-0.2, 0) is 0 Å². The molecule has 1 aromatic carbocycles. The van der Waals surface area contributed by atoms with Crippen molar-refractivity contribution in [2.75, 3.05) is 0 Å². The molecule has 3 rings (SSSR count). The molecule has 0 radical (unpaired) electrons. The first-order chi connectivity index (χ1) is 8.72. The van der Waals surface area contributed by atoms with E-state index >= 15 is 0 Å². The van der Waals surface area contributed by atoms with Crippen molar-refractivity contribution in [1.29, 1.82) is 0 Å². The fraction of sp³-hybridized carbons (Fsp3) is 0. The third-order valence-corrected chi connectivity index (χ3v) is 2.39. The number of ether oxygens (including phenoxy) is 1. The number of H-pyrrole nitrogens is 2. The number of hydrogen-bond donors (Lipinski definition) is 2. The van der Waals surface area contributed by atoms with E-state index in [1.807, 2.05) is 0 Å². The number of halogens is 1. The predicted octanol–water partition coefficient (Wildman–Crippen LogP) is 1.64. The Morgan fingerprint density at radius 2 is 2.22 bits per heavy atom. The Bertz CT molecular complexity index is 705. The minimum absolute atomic E-state index is 0.0739. The topological polar surface area (TPSA) is 83.7 Å². The zero-order valence-electron chi connectivity index (χ0n) is 8.98. The molecule has 18 heavy (non-hydrogen) atoms. The molecular weight excluding hydrogens is 239 g/mol. The van der Waals surface area contributed by atoms with Crippen LogP contribution >= 0.6 is 0 Å². The van der Waals surface area contributed by atoms with Crippen molar-refractivity contribution >= 4 is 16.9 Å². The van der Waals surface area contributed by atoms with Crippen LogP contribution < -0.4 is 4.74 Å². The minimum Gasteiger partial charge on any atom is -0.399 e. The fourth-order valence-corrected chi connectivity index (χ4v) is 1.60. The summed E-state index contributed by atoms with van der Waals surface area (Å²) in [6, 6.07) is 5.71. The standard InChI is InChI=1S/C11H7FN4O2/c12-7-1-2-8-6(3-7)4-9(14-8)11(17)18-10-5-13-16-15-10/h1-5,14H,(H,13,15,16). The van der Waals surface area contributed by atoms with Crippen LogP contribution in [0.1, 0.15) is 10.5 Å². The van der Waals surface area contributed by atoms with E-state index in [-0.39, 0.29) is 17.4 Å². The van der Waals surface area contributed by atoms with Crippen LogP contribution in [0.25, 0.3) is 10.9 Å². The van der Waals surface area contributed by atoms with Gasteiger partial charge in [-0.05, 0) is 24.3 Å². The van der Waals surface area contributed by atoms with Crippen LogP contribution in [0.15, 0.2) is 30.5 Å². The third-order valence-electron chi connectivity index (χ3n) is 2.39. The average molecular weight is 246 g/mol. The number of aromatic nitrogens is 4. The van der Waals surface area contributed by atoms with Gasteiger partial charge in [0.05, 0.1) is 0 Å². The number of carbonyl (C=O) groups excluding carboxylic acids is 1. The van der Waals surface area contributed by atoms with Gasteiger partial charge in [-0.2, -0.15) is 10.3 Å². The summed E-state index contributed by atoms with van der Waals surface area (Å²) in [6.07, 6.45) is 1.28. The lowest BCUT2D eigenvalue weighted by atomic mass is 10.2. The zero-order chi connectivity index (χ0) is 12.5. The minimum atomic E-state index is -0.611. The molecule has 2 aromatic heterocycles. The summed E-state index contributed by atoms with van der Waals surface area (Å²) >= 11 is 0. The van der Waals surface area contributed by atoms with Crippen molar-refractivity contribution in [1.82, 2.24) is 20.4 Å². The maximum absolute atomic E-state index is 13.0. The largest absolute Gasteiger partial charge is 0.399 e. The molecule has 0 fully saturated rings. The Hall–Kier alpha value is -2.70. The smallest absolute Gasteiger partial charge is 0.361 e. The number of nitrogens with one attached hydrogen (secondary N) is 2.